The zero-order valence-electron chi connectivity index (χ0n) is 19.1. The smallest absolute Gasteiger partial charge is 0.338 e. The summed E-state index contributed by atoms with van der Waals surface area (Å²) in [6.07, 6.45) is 3.47. The molecule has 2 aromatic rings. The lowest BCUT2D eigenvalue weighted by Gasteiger charge is -2.32. The lowest BCUT2D eigenvalue weighted by Crippen LogP contribution is -2.45. The Morgan fingerprint density at radius 2 is 1.94 bits per heavy atom. The van der Waals surface area contributed by atoms with Crippen molar-refractivity contribution in [2.24, 2.45) is 11.8 Å². The Kier molecular flexibility index (Phi) is 6.53. The van der Waals surface area contributed by atoms with Crippen LogP contribution in [0.4, 0.5) is 0 Å². The number of nitrogens with one attached hydrogen (secondary N) is 1. The summed E-state index contributed by atoms with van der Waals surface area (Å²) >= 11 is 0. The van der Waals surface area contributed by atoms with E-state index < -0.39 is 12.1 Å². The maximum absolute atomic E-state index is 12.8. The van der Waals surface area contributed by atoms with E-state index in [0.29, 0.717) is 44.0 Å². The number of likely N-dealkylation sites (tertiary alicyclic amines) is 1. The van der Waals surface area contributed by atoms with Gasteiger partial charge in [0.25, 0.3) is 5.91 Å². The van der Waals surface area contributed by atoms with Crippen molar-refractivity contribution in [3.63, 3.8) is 0 Å². The van der Waals surface area contributed by atoms with Crippen LogP contribution in [0.2, 0.25) is 0 Å². The molecule has 0 saturated carbocycles. The Labute approximate surface area is 188 Å². The number of ether oxygens (including phenoxy) is 2. The number of aryl methyl sites for hydroxylation is 1. The minimum absolute atomic E-state index is 0.168. The van der Waals surface area contributed by atoms with Crippen LogP contribution in [0.1, 0.15) is 61.6 Å². The molecule has 2 atom stereocenters. The number of carbonyl (C=O) groups is 3. The quantitative estimate of drug-likeness (QED) is 0.717. The first-order valence-electron chi connectivity index (χ1n) is 11.7. The summed E-state index contributed by atoms with van der Waals surface area (Å²) in [6.45, 7) is 6.93. The maximum atomic E-state index is 12.8. The number of carbonyl (C=O) groups excluding carboxylic acids is 3. The molecule has 0 radical (unpaired) electrons. The number of hydrogen-bond acceptors (Lipinski definition) is 5. The number of esters is 2. The number of hydrogen-bond donors (Lipinski definition) is 1. The topological polar surface area (TPSA) is 88.7 Å². The van der Waals surface area contributed by atoms with E-state index in [1.54, 1.807) is 24.8 Å². The van der Waals surface area contributed by atoms with Crippen LogP contribution in [-0.4, -0.2) is 53.5 Å². The van der Waals surface area contributed by atoms with E-state index >= 15 is 0 Å². The van der Waals surface area contributed by atoms with Crippen LogP contribution in [0.25, 0.3) is 10.9 Å². The van der Waals surface area contributed by atoms with Gasteiger partial charge in [-0.3, -0.25) is 9.59 Å². The summed E-state index contributed by atoms with van der Waals surface area (Å²) in [7, 11) is 0. The van der Waals surface area contributed by atoms with Crippen LogP contribution in [-0.2, 0) is 31.9 Å². The third-order valence-corrected chi connectivity index (χ3v) is 6.73. The lowest BCUT2D eigenvalue weighted by atomic mass is 9.87. The first kappa shape index (κ1) is 22.4. The molecule has 1 aromatic carbocycles. The highest BCUT2D eigenvalue weighted by molar-refractivity contribution is 5.97. The predicted molar refractivity (Wildman–Crippen MR) is 120 cm³/mol. The first-order chi connectivity index (χ1) is 15.4. The fraction of sp³-hybridized carbons (Fsp3) is 0.560. The molecule has 4 rings (SSSR count). The normalized spacial score (nSPS) is 20.0. The van der Waals surface area contributed by atoms with Crippen LogP contribution in [0.5, 0.6) is 0 Å². The molecular weight excluding hydrogens is 408 g/mol. The molecule has 0 bridgehead atoms. The van der Waals surface area contributed by atoms with Crippen molar-refractivity contribution in [1.82, 2.24) is 9.88 Å². The third-order valence-electron chi connectivity index (χ3n) is 6.73. The number of benzene rings is 1. The molecular formula is C25H32N2O5. The summed E-state index contributed by atoms with van der Waals surface area (Å²) in [5, 5.41) is 1.07. The highest BCUT2D eigenvalue weighted by Gasteiger charge is 2.31. The number of H-pyrrole nitrogens is 1. The van der Waals surface area contributed by atoms with Gasteiger partial charge in [-0.25, -0.2) is 4.79 Å². The SMILES string of the molecule is CCOC(=O)C1CCN(C(=O)[C@@H](C)OC(=O)c2ccc3[nH]c4c(c3c2)C[C@@H](C)CC4)CC1. The number of fused-ring (bicyclic) bond motifs is 3. The molecule has 32 heavy (non-hydrogen) atoms. The first-order valence-corrected chi connectivity index (χ1v) is 11.7. The fourth-order valence-electron chi connectivity index (χ4n) is 4.85. The van der Waals surface area contributed by atoms with Crippen molar-refractivity contribution in [1.29, 1.82) is 0 Å². The van der Waals surface area contributed by atoms with Gasteiger partial charge in [-0.2, -0.15) is 0 Å². The molecule has 1 aliphatic carbocycles. The summed E-state index contributed by atoms with van der Waals surface area (Å²) in [4.78, 5) is 42.6. The molecule has 2 heterocycles. The Balaban J connectivity index is 1.38. The zero-order valence-corrected chi connectivity index (χ0v) is 19.1. The van der Waals surface area contributed by atoms with E-state index in [-0.39, 0.29) is 17.8 Å². The maximum Gasteiger partial charge on any atom is 0.338 e. The van der Waals surface area contributed by atoms with E-state index in [0.717, 1.165) is 23.7 Å². The second kappa shape index (κ2) is 9.35. The largest absolute Gasteiger partial charge is 0.466 e. The van der Waals surface area contributed by atoms with E-state index in [1.165, 1.54) is 17.7 Å². The Morgan fingerprint density at radius 1 is 1.19 bits per heavy atom. The number of aromatic nitrogens is 1. The van der Waals surface area contributed by atoms with Crippen LogP contribution < -0.4 is 0 Å². The van der Waals surface area contributed by atoms with E-state index in [1.807, 2.05) is 12.1 Å². The van der Waals surface area contributed by atoms with Gasteiger partial charge in [0.05, 0.1) is 18.1 Å². The molecule has 0 spiro atoms. The van der Waals surface area contributed by atoms with Gasteiger partial charge in [-0.1, -0.05) is 6.92 Å². The number of rotatable bonds is 5. The van der Waals surface area contributed by atoms with Crippen molar-refractivity contribution in [3.05, 3.63) is 35.0 Å². The van der Waals surface area contributed by atoms with Crippen LogP contribution in [0.3, 0.4) is 0 Å². The number of amides is 1. The zero-order chi connectivity index (χ0) is 22.8. The van der Waals surface area contributed by atoms with Crippen molar-refractivity contribution in [2.75, 3.05) is 19.7 Å². The van der Waals surface area contributed by atoms with E-state index in [2.05, 4.69) is 11.9 Å². The average molecular weight is 441 g/mol. The van der Waals surface area contributed by atoms with Crippen LogP contribution >= 0.6 is 0 Å². The molecule has 1 fully saturated rings. The molecule has 0 unspecified atom stereocenters. The number of nitrogens with zero attached hydrogens (tertiary/aromatic N) is 1. The minimum Gasteiger partial charge on any atom is -0.466 e. The van der Waals surface area contributed by atoms with Gasteiger partial charge >= 0.3 is 11.9 Å². The average Bonchev–Trinajstić information content (AvgIpc) is 3.15. The molecule has 1 amide bonds. The lowest BCUT2D eigenvalue weighted by molar-refractivity contribution is -0.152. The number of piperidine rings is 1. The molecule has 1 aliphatic heterocycles. The second-order valence-corrected chi connectivity index (χ2v) is 9.09. The second-order valence-electron chi connectivity index (χ2n) is 9.09. The standard InChI is InChI=1S/C25H32N2O5/c1-4-31-24(29)17-9-11-27(12-10-17)23(28)16(3)32-25(30)18-6-8-22-20(14-18)19-13-15(2)5-7-21(19)26-22/h6,8,14-17,26H,4-5,7,9-13H2,1-3H3/t15-,16+/m0/s1. The van der Waals surface area contributed by atoms with Gasteiger partial charge in [-0.05, 0) is 75.6 Å². The molecule has 1 N–H and O–H groups in total. The predicted octanol–water partition coefficient (Wildman–Crippen LogP) is 3.64. The Bertz CT molecular complexity index is 1020. The number of aromatic amines is 1. The van der Waals surface area contributed by atoms with E-state index in [4.69, 9.17) is 9.47 Å². The van der Waals surface area contributed by atoms with Crippen LogP contribution in [0.15, 0.2) is 18.2 Å². The van der Waals surface area contributed by atoms with Gasteiger partial charge in [0.2, 0.25) is 0 Å². The molecule has 7 nitrogen and oxygen atoms in total. The summed E-state index contributed by atoms with van der Waals surface area (Å²) in [5.41, 5.74) is 4.05. The molecule has 1 aromatic heterocycles. The van der Waals surface area contributed by atoms with Gasteiger partial charge in [0, 0.05) is 29.7 Å². The van der Waals surface area contributed by atoms with Gasteiger partial charge in [0.15, 0.2) is 6.10 Å². The van der Waals surface area contributed by atoms with Crippen molar-refractivity contribution < 1.29 is 23.9 Å². The highest BCUT2D eigenvalue weighted by atomic mass is 16.5. The van der Waals surface area contributed by atoms with Gasteiger partial charge in [-0.15, -0.1) is 0 Å². The summed E-state index contributed by atoms with van der Waals surface area (Å²) in [5.74, 6) is -0.459. The monoisotopic (exact) mass is 440 g/mol. The van der Waals surface area contributed by atoms with E-state index in [9.17, 15) is 14.4 Å². The van der Waals surface area contributed by atoms with Gasteiger partial charge in [0.1, 0.15) is 0 Å². The minimum atomic E-state index is -0.877. The van der Waals surface area contributed by atoms with Crippen LogP contribution in [0, 0.1) is 11.8 Å². The molecule has 1 saturated heterocycles. The van der Waals surface area contributed by atoms with Gasteiger partial charge < -0.3 is 19.4 Å². The van der Waals surface area contributed by atoms with Crippen molar-refractivity contribution >= 4 is 28.7 Å². The molecule has 2 aliphatic rings. The highest BCUT2D eigenvalue weighted by Crippen LogP contribution is 2.32. The summed E-state index contributed by atoms with van der Waals surface area (Å²) < 4.78 is 10.6. The van der Waals surface area contributed by atoms with Crippen molar-refractivity contribution in [3.8, 4) is 0 Å². The Hall–Kier alpha value is -2.83. The van der Waals surface area contributed by atoms with Crippen molar-refractivity contribution in [2.45, 2.75) is 59.0 Å². The fourth-order valence-corrected chi connectivity index (χ4v) is 4.85. The molecule has 7 heteroatoms. The summed E-state index contributed by atoms with van der Waals surface area (Å²) in [6, 6.07) is 5.55. The third kappa shape index (κ3) is 4.52. The Morgan fingerprint density at radius 3 is 2.66 bits per heavy atom. The molecule has 172 valence electrons.